The van der Waals surface area contributed by atoms with Gasteiger partial charge in [-0.2, -0.15) is 5.10 Å². The monoisotopic (exact) mass is 385 g/mol. The number of aryl methyl sites for hydroxylation is 1. The van der Waals surface area contributed by atoms with Crippen LogP contribution in [0.5, 0.6) is 0 Å². The molecule has 0 bridgehead atoms. The number of nitrogens with zero attached hydrogens (tertiary/aromatic N) is 2. The van der Waals surface area contributed by atoms with Gasteiger partial charge in [0.05, 0.1) is 11.8 Å². The van der Waals surface area contributed by atoms with Crippen molar-refractivity contribution in [2.24, 2.45) is 7.05 Å². The topological polar surface area (TPSA) is 84.2 Å². The molecular weight excluding hydrogens is 373 g/mol. The molecule has 0 saturated heterocycles. The summed E-state index contributed by atoms with van der Waals surface area (Å²) < 4.78 is 2.25. The van der Waals surface area contributed by atoms with E-state index in [-0.39, 0.29) is 0 Å². The molecule has 2 rings (SSSR count). The van der Waals surface area contributed by atoms with Crippen molar-refractivity contribution in [3.05, 3.63) is 51.4 Å². The lowest BCUT2D eigenvalue weighted by Gasteiger charge is -2.13. The third-order valence-corrected chi connectivity index (χ3v) is 3.64. The molecule has 20 heavy (non-hydrogen) atoms. The number of carbonyl (C=O) groups is 2. The van der Waals surface area contributed by atoms with E-state index >= 15 is 0 Å². The van der Waals surface area contributed by atoms with E-state index in [0.717, 1.165) is 3.57 Å². The van der Waals surface area contributed by atoms with Gasteiger partial charge in [0, 0.05) is 22.4 Å². The molecule has 1 atom stereocenters. The first kappa shape index (κ1) is 14.5. The lowest BCUT2D eigenvalue weighted by atomic mass is 10.1. The number of halogens is 1. The lowest BCUT2D eigenvalue weighted by molar-refractivity contribution is -0.139. The molecule has 6 nitrogen and oxygen atoms in total. The maximum Gasteiger partial charge on any atom is 0.331 e. The molecule has 2 aromatic rings. The van der Waals surface area contributed by atoms with E-state index in [1.807, 2.05) is 28.7 Å². The average Bonchev–Trinajstić information content (AvgIpc) is 2.82. The minimum atomic E-state index is -1.13. The zero-order chi connectivity index (χ0) is 14.7. The molecule has 1 unspecified atom stereocenters. The summed E-state index contributed by atoms with van der Waals surface area (Å²) in [6.07, 6.45) is 2.99. The fourth-order valence-corrected chi connectivity index (χ4v) is 2.36. The van der Waals surface area contributed by atoms with Crippen LogP contribution in [-0.4, -0.2) is 26.8 Å². The van der Waals surface area contributed by atoms with Gasteiger partial charge in [-0.15, -0.1) is 0 Å². The quantitative estimate of drug-likeness (QED) is 0.783. The van der Waals surface area contributed by atoms with Crippen molar-refractivity contribution in [2.75, 3.05) is 0 Å². The molecule has 2 N–H and O–H groups in total. The van der Waals surface area contributed by atoms with Crippen molar-refractivity contribution >= 4 is 34.5 Å². The molecule has 0 fully saturated rings. The van der Waals surface area contributed by atoms with E-state index in [4.69, 9.17) is 0 Å². The highest BCUT2D eigenvalue weighted by Crippen LogP contribution is 2.16. The standard InChI is InChI=1S/C13H12IN3O3/c1-17-7-8(6-15-17)11(13(19)20)16-12(18)9-4-2-3-5-10(9)14/h2-7,11H,1H3,(H,16,18)(H,19,20). The second-order valence-corrected chi connectivity index (χ2v) is 5.33. The fraction of sp³-hybridized carbons (Fsp3) is 0.154. The van der Waals surface area contributed by atoms with Gasteiger partial charge in [0.1, 0.15) is 0 Å². The van der Waals surface area contributed by atoms with Crippen molar-refractivity contribution in [1.82, 2.24) is 15.1 Å². The number of hydrogen-bond acceptors (Lipinski definition) is 3. The lowest BCUT2D eigenvalue weighted by Crippen LogP contribution is -2.34. The predicted molar refractivity (Wildman–Crippen MR) is 80.2 cm³/mol. The van der Waals surface area contributed by atoms with E-state index < -0.39 is 17.9 Å². The van der Waals surface area contributed by atoms with E-state index in [1.54, 1.807) is 31.4 Å². The number of nitrogens with one attached hydrogen (secondary N) is 1. The number of carbonyl (C=O) groups excluding carboxylic acids is 1. The van der Waals surface area contributed by atoms with E-state index in [9.17, 15) is 14.7 Å². The Labute approximate surface area is 128 Å². The Hall–Kier alpha value is -1.90. The van der Waals surface area contributed by atoms with Crippen LogP contribution < -0.4 is 5.32 Å². The summed E-state index contributed by atoms with van der Waals surface area (Å²) in [5.41, 5.74) is 0.877. The van der Waals surface area contributed by atoms with Gasteiger partial charge < -0.3 is 10.4 Å². The van der Waals surface area contributed by atoms with E-state index in [2.05, 4.69) is 10.4 Å². The average molecular weight is 385 g/mol. The molecule has 0 saturated carbocycles. The zero-order valence-corrected chi connectivity index (χ0v) is 12.7. The largest absolute Gasteiger partial charge is 0.479 e. The minimum absolute atomic E-state index is 0.425. The second-order valence-electron chi connectivity index (χ2n) is 4.17. The highest BCUT2D eigenvalue weighted by Gasteiger charge is 2.24. The minimum Gasteiger partial charge on any atom is -0.479 e. The smallest absolute Gasteiger partial charge is 0.331 e. The van der Waals surface area contributed by atoms with E-state index in [0.29, 0.717) is 11.1 Å². The van der Waals surface area contributed by atoms with Crippen LogP contribution in [0.1, 0.15) is 22.0 Å². The van der Waals surface area contributed by atoms with Gasteiger partial charge in [0.15, 0.2) is 6.04 Å². The molecule has 0 aliphatic heterocycles. The molecule has 1 heterocycles. The molecule has 1 amide bonds. The number of carboxylic acids is 1. The molecule has 0 radical (unpaired) electrons. The SMILES string of the molecule is Cn1cc(C(NC(=O)c2ccccc2I)C(=O)O)cn1. The van der Waals surface area contributed by atoms with Crippen LogP contribution in [-0.2, 0) is 11.8 Å². The van der Waals surface area contributed by atoms with Crippen molar-refractivity contribution in [2.45, 2.75) is 6.04 Å². The maximum absolute atomic E-state index is 12.2. The predicted octanol–water partition coefficient (Wildman–Crippen LogP) is 1.58. The summed E-state index contributed by atoms with van der Waals surface area (Å²) in [6.45, 7) is 0. The van der Waals surface area contributed by atoms with Crippen LogP contribution in [0, 0.1) is 3.57 Å². The molecule has 0 aliphatic rings. The zero-order valence-electron chi connectivity index (χ0n) is 10.6. The number of benzene rings is 1. The molecule has 1 aromatic heterocycles. The molecule has 0 spiro atoms. The molecule has 7 heteroatoms. The van der Waals surface area contributed by atoms with Crippen molar-refractivity contribution < 1.29 is 14.7 Å². The van der Waals surface area contributed by atoms with Crippen LogP contribution in [0.3, 0.4) is 0 Å². The number of rotatable bonds is 4. The van der Waals surface area contributed by atoms with Gasteiger partial charge in [-0.05, 0) is 34.7 Å². The van der Waals surface area contributed by atoms with Gasteiger partial charge >= 0.3 is 5.97 Å². The van der Waals surface area contributed by atoms with Gasteiger partial charge in [-0.3, -0.25) is 9.48 Å². The van der Waals surface area contributed by atoms with Crippen LogP contribution >= 0.6 is 22.6 Å². The first-order chi connectivity index (χ1) is 9.49. The van der Waals surface area contributed by atoms with Crippen LogP contribution in [0.25, 0.3) is 0 Å². The van der Waals surface area contributed by atoms with Crippen molar-refractivity contribution in [3.63, 3.8) is 0 Å². The third-order valence-electron chi connectivity index (χ3n) is 2.70. The molecule has 1 aromatic carbocycles. The number of hydrogen-bond donors (Lipinski definition) is 2. The third kappa shape index (κ3) is 3.16. The van der Waals surface area contributed by atoms with E-state index in [1.165, 1.54) is 10.9 Å². The Morgan fingerprint density at radius 2 is 2.10 bits per heavy atom. The summed E-state index contributed by atoms with van der Waals surface area (Å²) in [7, 11) is 1.68. The van der Waals surface area contributed by atoms with Gasteiger partial charge in [-0.1, -0.05) is 12.1 Å². The Morgan fingerprint density at radius 1 is 1.40 bits per heavy atom. The Balaban J connectivity index is 2.23. The fourth-order valence-electron chi connectivity index (χ4n) is 1.73. The normalized spacial score (nSPS) is 11.9. The molecule has 0 aliphatic carbocycles. The Bertz CT molecular complexity index is 654. The first-order valence-corrected chi connectivity index (χ1v) is 6.83. The Kier molecular flexibility index (Phi) is 4.38. The summed E-state index contributed by atoms with van der Waals surface area (Å²) in [6, 6.07) is 5.87. The van der Waals surface area contributed by atoms with Gasteiger partial charge in [0.25, 0.3) is 5.91 Å². The van der Waals surface area contributed by atoms with Crippen molar-refractivity contribution in [3.8, 4) is 0 Å². The first-order valence-electron chi connectivity index (χ1n) is 5.76. The van der Waals surface area contributed by atoms with Crippen molar-refractivity contribution in [1.29, 1.82) is 0 Å². The van der Waals surface area contributed by atoms with Crippen LogP contribution in [0.4, 0.5) is 0 Å². The maximum atomic E-state index is 12.2. The number of carboxylic acid groups (broad SMARTS) is 1. The highest BCUT2D eigenvalue weighted by atomic mass is 127. The summed E-state index contributed by atoms with van der Waals surface area (Å²) in [5, 5.41) is 15.7. The van der Waals surface area contributed by atoms with Gasteiger partial charge in [0.2, 0.25) is 0 Å². The van der Waals surface area contributed by atoms with Crippen LogP contribution in [0.2, 0.25) is 0 Å². The van der Waals surface area contributed by atoms with Gasteiger partial charge in [-0.25, -0.2) is 4.79 Å². The highest BCUT2D eigenvalue weighted by molar-refractivity contribution is 14.1. The number of aromatic nitrogens is 2. The molecule has 104 valence electrons. The van der Waals surface area contributed by atoms with Crippen LogP contribution in [0.15, 0.2) is 36.7 Å². The summed E-state index contributed by atoms with van der Waals surface area (Å²) >= 11 is 2.03. The second kappa shape index (κ2) is 6.04. The summed E-state index contributed by atoms with van der Waals surface area (Å²) in [4.78, 5) is 23.5. The summed E-state index contributed by atoms with van der Waals surface area (Å²) in [5.74, 6) is -1.55. The Morgan fingerprint density at radius 3 is 2.65 bits per heavy atom. The molecular formula is C13H12IN3O3. The number of amides is 1. The number of aliphatic carboxylic acids is 1.